The van der Waals surface area contributed by atoms with E-state index in [1.54, 1.807) is 48.5 Å². The van der Waals surface area contributed by atoms with Crippen LogP contribution in [0, 0.1) is 11.3 Å². The highest BCUT2D eigenvalue weighted by Crippen LogP contribution is 2.29. The number of rotatable bonds is 6. The van der Waals surface area contributed by atoms with Gasteiger partial charge in [0, 0.05) is 16.3 Å². The molecule has 0 aliphatic heterocycles. The minimum absolute atomic E-state index is 0.155. The summed E-state index contributed by atoms with van der Waals surface area (Å²) in [4.78, 5) is 12.6. The number of halogens is 5. The van der Waals surface area contributed by atoms with Gasteiger partial charge in [-0.2, -0.15) is 5.26 Å². The van der Waals surface area contributed by atoms with Crippen LogP contribution in [0.2, 0.25) is 25.1 Å². The van der Waals surface area contributed by atoms with Gasteiger partial charge in [0.05, 0.1) is 20.1 Å². The predicted octanol–water partition coefficient (Wildman–Crippen LogP) is 8.08. The number of carbonyl (C=O) groups is 1. The molecule has 0 aliphatic rings. The number of carbonyl (C=O) groups excluding carboxylic acids is 1. The van der Waals surface area contributed by atoms with Crippen LogP contribution >= 0.6 is 58.0 Å². The second kappa shape index (κ2) is 11.0. The number of hydrogen-bond donors (Lipinski definition) is 1. The van der Waals surface area contributed by atoms with E-state index in [1.807, 2.05) is 6.07 Å². The van der Waals surface area contributed by atoms with Crippen molar-refractivity contribution in [1.29, 1.82) is 5.26 Å². The van der Waals surface area contributed by atoms with Gasteiger partial charge in [-0.1, -0.05) is 64.1 Å². The molecule has 0 atom stereocenters. The fourth-order valence-electron chi connectivity index (χ4n) is 2.63. The van der Waals surface area contributed by atoms with Crippen LogP contribution in [0.15, 0.2) is 60.2 Å². The SMILES string of the molecule is N#C/C(=C\c1cc(Cl)ccc1OCc1ccc(Cl)c(Cl)c1)C(=O)Nc1ccc(Cl)c(Cl)c1. The molecule has 9 heteroatoms. The molecule has 1 N–H and O–H groups in total. The highest BCUT2D eigenvalue weighted by molar-refractivity contribution is 6.42. The van der Waals surface area contributed by atoms with Crippen LogP contribution in [-0.4, -0.2) is 5.91 Å². The minimum Gasteiger partial charge on any atom is -0.488 e. The van der Waals surface area contributed by atoms with Gasteiger partial charge in [0.25, 0.3) is 5.91 Å². The van der Waals surface area contributed by atoms with Gasteiger partial charge in [0.2, 0.25) is 0 Å². The molecule has 0 spiro atoms. The zero-order valence-corrected chi connectivity index (χ0v) is 19.9. The first-order valence-corrected chi connectivity index (χ1v) is 10.9. The van der Waals surface area contributed by atoms with E-state index in [4.69, 9.17) is 62.7 Å². The van der Waals surface area contributed by atoms with Crippen molar-refractivity contribution in [3.05, 3.63) is 96.4 Å². The van der Waals surface area contributed by atoms with Gasteiger partial charge in [-0.05, 0) is 60.2 Å². The van der Waals surface area contributed by atoms with Crippen molar-refractivity contribution in [2.24, 2.45) is 0 Å². The van der Waals surface area contributed by atoms with Crippen LogP contribution in [0.1, 0.15) is 11.1 Å². The Kier molecular flexibility index (Phi) is 8.31. The van der Waals surface area contributed by atoms with Crippen molar-refractivity contribution >= 4 is 75.7 Å². The molecule has 0 radical (unpaired) electrons. The molecule has 0 fully saturated rings. The van der Waals surface area contributed by atoms with E-state index in [0.717, 1.165) is 5.56 Å². The number of amides is 1. The summed E-state index contributed by atoms with van der Waals surface area (Å²) in [5, 5.41) is 14.0. The van der Waals surface area contributed by atoms with Crippen molar-refractivity contribution in [2.45, 2.75) is 6.61 Å². The van der Waals surface area contributed by atoms with Gasteiger partial charge in [-0.25, -0.2) is 0 Å². The highest BCUT2D eigenvalue weighted by Gasteiger charge is 2.13. The Labute approximate surface area is 209 Å². The molecule has 162 valence electrons. The Morgan fingerprint density at radius 3 is 2.25 bits per heavy atom. The maximum Gasteiger partial charge on any atom is 0.266 e. The summed E-state index contributed by atoms with van der Waals surface area (Å²) in [6.07, 6.45) is 1.39. The number of nitriles is 1. The molecule has 0 unspecified atom stereocenters. The molecule has 3 aromatic carbocycles. The quantitative estimate of drug-likeness (QED) is 0.261. The summed E-state index contributed by atoms with van der Waals surface area (Å²) < 4.78 is 5.87. The van der Waals surface area contributed by atoms with E-state index in [0.29, 0.717) is 37.1 Å². The zero-order valence-electron chi connectivity index (χ0n) is 16.1. The normalized spacial score (nSPS) is 11.1. The number of nitrogens with one attached hydrogen (secondary N) is 1. The van der Waals surface area contributed by atoms with Crippen LogP contribution in [0.5, 0.6) is 5.75 Å². The van der Waals surface area contributed by atoms with Crippen LogP contribution in [0.4, 0.5) is 5.69 Å². The fourth-order valence-corrected chi connectivity index (χ4v) is 3.43. The van der Waals surface area contributed by atoms with Gasteiger partial charge >= 0.3 is 0 Å². The van der Waals surface area contributed by atoms with E-state index < -0.39 is 5.91 Å². The molecule has 4 nitrogen and oxygen atoms in total. The highest BCUT2D eigenvalue weighted by atomic mass is 35.5. The van der Waals surface area contributed by atoms with Crippen molar-refractivity contribution in [2.75, 3.05) is 5.32 Å². The molecule has 0 saturated carbocycles. The summed E-state index contributed by atoms with van der Waals surface area (Å²) >= 11 is 30.0. The minimum atomic E-state index is -0.624. The van der Waals surface area contributed by atoms with Gasteiger partial charge in [0.1, 0.15) is 24.0 Å². The molecular weight excluding hydrogens is 514 g/mol. The Hall–Kier alpha value is -2.39. The molecule has 1 amide bonds. The molecule has 0 heterocycles. The van der Waals surface area contributed by atoms with E-state index in [1.165, 1.54) is 12.1 Å². The standard InChI is InChI=1S/C23H13Cl5N2O2/c24-16-2-6-22(32-12-13-1-4-18(25)20(27)7-13)14(9-16)8-15(11-29)23(31)30-17-3-5-19(26)21(28)10-17/h1-10H,12H2,(H,30,31)/b15-8+. The van der Waals surface area contributed by atoms with E-state index >= 15 is 0 Å². The number of hydrogen-bond acceptors (Lipinski definition) is 3. The third-order valence-corrected chi connectivity index (χ3v) is 5.91. The maximum absolute atomic E-state index is 12.6. The lowest BCUT2D eigenvalue weighted by Crippen LogP contribution is -2.13. The van der Waals surface area contributed by atoms with E-state index in [2.05, 4.69) is 5.32 Å². The van der Waals surface area contributed by atoms with Gasteiger partial charge in [-0.3, -0.25) is 4.79 Å². The second-order valence-electron chi connectivity index (χ2n) is 6.47. The van der Waals surface area contributed by atoms with E-state index in [-0.39, 0.29) is 17.2 Å². The van der Waals surface area contributed by atoms with Gasteiger partial charge < -0.3 is 10.1 Å². The van der Waals surface area contributed by atoms with Crippen LogP contribution in [0.25, 0.3) is 6.08 Å². The molecule has 3 aromatic rings. The molecular formula is C23H13Cl5N2O2. The third-order valence-electron chi connectivity index (χ3n) is 4.19. The fraction of sp³-hybridized carbons (Fsp3) is 0.0435. The Bertz CT molecular complexity index is 1250. The Morgan fingerprint density at radius 2 is 1.59 bits per heavy atom. The zero-order chi connectivity index (χ0) is 23.3. The summed E-state index contributed by atoms with van der Waals surface area (Å²) in [7, 11) is 0. The summed E-state index contributed by atoms with van der Waals surface area (Å²) in [6.45, 7) is 0.191. The summed E-state index contributed by atoms with van der Waals surface area (Å²) in [5.41, 5.74) is 1.49. The smallest absolute Gasteiger partial charge is 0.266 e. The van der Waals surface area contributed by atoms with Crippen molar-refractivity contribution < 1.29 is 9.53 Å². The summed E-state index contributed by atoms with van der Waals surface area (Å²) in [5.74, 6) is -0.197. The molecule has 0 aromatic heterocycles. The molecule has 0 bridgehead atoms. The molecule has 0 aliphatic carbocycles. The lowest BCUT2D eigenvalue weighted by Gasteiger charge is -2.11. The van der Waals surface area contributed by atoms with Crippen molar-refractivity contribution in [3.63, 3.8) is 0 Å². The molecule has 0 saturated heterocycles. The third kappa shape index (κ3) is 6.32. The van der Waals surface area contributed by atoms with Crippen LogP contribution in [0.3, 0.4) is 0 Å². The number of ether oxygens (including phenoxy) is 1. The predicted molar refractivity (Wildman–Crippen MR) is 131 cm³/mol. The van der Waals surface area contributed by atoms with Crippen molar-refractivity contribution in [3.8, 4) is 11.8 Å². The maximum atomic E-state index is 12.6. The van der Waals surface area contributed by atoms with Crippen molar-refractivity contribution in [1.82, 2.24) is 0 Å². The topological polar surface area (TPSA) is 62.1 Å². The number of anilines is 1. The largest absolute Gasteiger partial charge is 0.488 e. The van der Waals surface area contributed by atoms with Crippen LogP contribution in [-0.2, 0) is 11.4 Å². The van der Waals surface area contributed by atoms with Crippen LogP contribution < -0.4 is 10.1 Å². The molecule has 32 heavy (non-hydrogen) atoms. The first kappa shape index (κ1) is 24.3. The first-order valence-electron chi connectivity index (χ1n) is 9.01. The number of nitrogens with zero attached hydrogens (tertiary/aromatic N) is 1. The lowest BCUT2D eigenvalue weighted by molar-refractivity contribution is -0.112. The summed E-state index contributed by atoms with van der Waals surface area (Å²) in [6, 6.07) is 16.5. The average Bonchev–Trinajstić information content (AvgIpc) is 2.76. The first-order chi connectivity index (χ1) is 15.3. The monoisotopic (exact) mass is 524 g/mol. The van der Waals surface area contributed by atoms with Gasteiger partial charge in [-0.15, -0.1) is 0 Å². The Morgan fingerprint density at radius 1 is 0.906 bits per heavy atom. The number of benzene rings is 3. The second-order valence-corrected chi connectivity index (χ2v) is 8.54. The van der Waals surface area contributed by atoms with Gasteiger partial charge in [0.15, 0.2) is 0 Å². The lowest BCUT2D eigenvalue weighted by atomic mass is 10.1. The molecule has 3 rings (SSSR count). The van der Waals surface area contributed by atoms with E-state index in [9.17, 15) is 10.1 Å². The average molecular weight is 527 g/mol. The Balaban J connectivity index is 1.83.